The van der Waals surface area contributed by atoms with Gasteiger partial charge in [0.25, 0.3) is 5.91 Å². The number of sulfone groups is 1. The van der Waals surface area contributed by atoms with Gasteiger partial charge in [0, 0.05) is 45.5 Å². The number of anilines is 1. The Balaban J connectivity index is 2.06. The largest absolute Gasteiger partial charge is 0.371 e. The van der Waals surface area contributed by atoms with Crippen LogP contribution in [0.25, 0.3) is 0 Å². The Kier molecular flexibility index (Phi) is 7.32. The third kappa shape index (κ3) is 5.23. The first-order chi connectivity index (χ1) is 14.6. The van der Waals surface area contributed by atoms with Crippen molar-refractivity contribution in [2.45, 2.75) is 50.0 Å². The molecule has 10 heteroatoms. The Bertz CT molecular complexity index is 1020. The zero-order chi connectivity index (χ0) is 22.8. The van der Waals surface area contributed by atoms with Crippen molar-refractivity contribution in [3.63, 3.8) is 0 Å². The van der Waals surface area contributed by atoms with E-state index in [2.05, 4.69) is 4.90 Å². The van der Waals surface area contributed by atoms with Gasteiger partial charge >= 0.3 is 0 Å². The predicted molar refractivity (Wildman–Crippen MR) is 122 cm³/mol. The molecule has 2 aliphatic rings. The molecule has 0 aromatic heterocycles. The number of carbonyl (C=O) groups excluding carboxylic acids is 1. The number of benzene rings is 1. The molecule has 0 saturated carbocycles. The van der Waals surface area contributed by atoms with Crippen LogP contribution in [0.15, 0.2) is 23.1 Å². The summed E-state index contributed by atoms with van der Waals surface area (Å²) in [6.07, 6.45) is 4.28. The average Bonchev–Trinajstić information content (AvgIpc) is 3.10. The number of hydrogen-bond acceptors (Lipinski definition) is 6. The first kappa shape index (κ1) is 24.0. The van der Waals surface area contributed by atoms with Crippen molar-refractivity contribution in [1.29, 1.82) is 0 Å². The van der Waals surface area contributed by atoms with E-state index in [1.165, 1.54) is 20.2 Å². The summed E-state index contributed by atoms with van der Waals surface area (Å²) in [6.45, 7) is 4.00. The van der Waals surface area contributed by atoms with Gasteiger partial charge in [-0.25, -0.2) is 21.1 Å². The van der Waals surface area contributed by atoms with Crippen LogP contribution in [0.1, 0.15) is 49.4 Å². The third-order valence-electron chi connectivity index (χ3n) is 6.05. The molecule has 0 aliphatic carbocycles. The van der Waals surface area contributed by atoms with Gasteiger partial charge in [-0.05, 0) is 50.3 Å². The van der Waals surface area contributed by atoms with Crippen molar-refractivity contribution in [1.82, 2.24) is 9.21 Å². The minimum Gasteiger partial charge on any atom is -0.371 e. The number of carbonyl (C=O) groups is 1. The summed E-state index contributed by atoms with van der Waals surface area (Å²) in [5.41, 5.74) is 1.06. The number of piperidine rings is 1. The number of sulfonamides is 1. The van der Waals surface area contributed by atoms with Crippen LogP contribution in [0.5, 0.6) is 0 Å². The highest BCUT2D eigenvalue weighted by atomic mass is 32.2. The molecule has 2 aliphatic heterocycles. The van der Waals surface area contributed by atoms with Crippen LogP contribution in [-0.4, -0.2) is 83.2 Å². The van der Waals surface area contributed by atoms with Gasteiger partial charge in [0.2, 0.25) is 10.0 Å². The van der Waals surface area contributed by atoms with Crippen molar-refractivity contribution in [3.8, 4) is 0 Å². The molecular formula is C21H33N3O5S2. The molecular weight excluding hydrogens is 438 g/mol. The average molecular weight is 472 g/mol. The Morgan fingerprint density at radius 2 is 1.84 bits per heavy atom. The Labute approximate surface area is 186 Å². The van der Waals surface area contributed by atoms with Gasteiger partial charge < -0.3 is 9.80 Å². The summed E-state index contributed by atoms with van der Waals surface area (Å²) < 4.78 is 50.7. The van der Waals surface area contributed by atoms with Crippen LogP contribution in [0.2, 0.25) is 0 Å². The molecule has 1 amide bonds. The minimum absolute atomic E-state index is 0.0343. The van der Waals surface area contributed by atoms with Gasteiger partial charge in [-0.15, -0.1) is 0 Å². The van der Waals surface area contributed by atoms with E-state index < -0.39 is 19.9 Å². The lowest BCUT2D eigenvalue weighted by Gasteiger charge is -2.33. The van der Waals surface area contributed by atoms with E-state index in [0.717, 1.165) is 42.3 Å². The van der Waals surface area contributed by atoms with Gasteiger partial charge in [0.15, 0.2) is 9.84 Å². The molecule has 0 spiro atoms. The van der Waals surface area contributed by atoms with E-state index in [-0.39, 0.29) is 28.4 Å². The number of hydrogen-bond donors (Lipinski definition) is 0. The zero-order valence-electron chi connectivity index (χ0n) is 18.6. The van der Waals surface area contributed by atoms with Crippen LogP contribution < -0.4 is 4.90 Å². The second kappa shape index (κ2) is 9.46. The molecule has 3 rings (SSSR count). The van der Waals surface area contributed by atoms with Crippen molar-refractivity contribution in [2.24, 2.45) is 0 Å². The molecule has 0 bridgehead atoms. The topological polar surface area (TPSA) is 95.1 Å². The molecule has 1 atom stereocenters. The monoisotopic (exact) mass is 471 g/mol. The molecule has 2 saturated heterocycles. The van der Waals surface area contributed by atoms with Crippen LogP contribution >= 0.6 is 0 Å². The predicted octanol–water partition coefficient (Wildman–Crippen LogP) is 1.97. The highest BCUT2D eigenvalue weighted by molar-refractivity contribution is 7.91. The SMILES string of the molecule is CCCN(C(=O)c1cc(S(=O)(=O)N(C)C)ccc1N1CCCCC1)[C@@H]1CCS(=O)(=O)C1. The lowest BCUT2D eigenvalue weighted by molar-refractivity contribution is 0.0697. The number of nitrogens with zero attached hydrogens (tertiary/aromatic N) is 3. The fraction of sp³-hybridized carbons (Fsp3) is 0.667. The maximum Gasteiger partial charge on any atom is 0.256 e. The normalized spacial score (nSPS) is 21.4. The maximum atomic E-state index is 13.7. The number of rotatable bonds is 7. The van der Waals surface area contributed by atoms with Gasteiger partial charge in [0.1, 0.15) is 0 Å². The summed E-state index contributed by atoms with van der Waals surface area (Å²) in [6, 6.07) is 4.37. The first-order valence-electron chi connectivity index (χ1n) is 10.9. The van der Waals surface area contributed by atoms with Gasteiger partial charge in [0.05, 0.1) is 22.0 Å². The van der Waals surface area contributed by atoms with Crippen molar-refractivity contribution in [2.75, 3.05) is 50.1 Å². The highest BCUT2D eigenvalue weighted by Crippen LogP contribution is 2.30. The molecule has 0 unspecified atom stereocenters. The molecule has 0 N–H and O–H groups in total. The summed E-state index contributed by atoms with van der Waals surface area (Å²) in [4.78, 5) is 17.6. The van der Waals surface area contributed by atoms with E-state index in [1.54, 1.807) is 17.0 Å². The second-order valence-corrected chi connectivity index (χ2v) is 13.0. The van der Waals surface area contributed by atoms with Crippen molar-refractivity contribution in [3.05, 3.63) is 23.8 Å². The smallest absolute Gasteiger partial charge is 0.256 e. The number of amides is 1. The van der Waals surface area contributed by atoms with E-state index >= 15 is 0 Å². The first-order valence-corrected chi connectivity index (χ1v) is 14.2. The molecule has 2 heterocycles. The van der Waals surface area contributed by atoms with Crippen LogP contribution in [0, 0.1) is 0 Å². The third-order valence-corrected chi connectivity index (χ3v) is 9.61. The fourth-order valence-electron chi connectivity index (χ4n) is 4.34. The summed E-state index contributed by atoms with van der Waals surface area (Å²) >= 11 is 0. The van der Waals surface area contributed by atoms with Gasteiger partial charge in [-0.1, -0.05) is 6.92 Å². The lowest BCUT2D eigenvalue weighted by Crippen LogP contribution is -2.42. The molecule has 0 radical (unpaired) electrons. The Hall–Kier alpha value is -1.65. The van der Waals surface area contributed by atoms with Crippen molar-refractivity contribution >= 4 is 31.5 Å². The van der Waals surface area contributed by atoms with Crippen LogP contribution in [0.3, 0.4) is 0 Å². The van der Waals surface area contributed by atoms with Gasteiger partial charge in [-0.3, -0.25) is 4.79 Å². The van der Waals surface area contributed by atoms with Crippen LogP contribution in [0.4, 0.5) is 5.69 Å². The maximum absolute atomic E-state index is 13.7. The molecule has 1 aromatic carbocycles. The fourth-order valence-corrected chi connectivity index (χ4v) is 6.99. The second-order valence-electron chi connectivity index (χ2n) is 8.57. The van der Waals surface area contributed by atoms with E-state index in [4.69, 9.17) is 0 Å². The zero-order valence-corrected chi connectivity index (χ0v) is 20.2. The molecule has 31 heavy (non-hydrogen) atoms. The minimum atomic E-state index is -3.71. The standard InChI is InChI=1S/C21H33N3O5S2/c1-4-11-24(17-10-14-30(26,27)16-17)21(25)19-15-18(31(28,29)22(2)3)8-9-20(19)23-12-6-5-7-13-23/h8-9,15,17H,4-7,10-14,16H2,1-3H3/t17-/m1/s1. The summed E-state index contributed by atoms with van der Waals surface area (Å²) in [7, 11) is -3.94. The van der Waals surface area contributed by atoms with Crippen LogP contribution in [-0.2, 0) is 19.9 Å². The molecule has 174 valence electrons. The highest BCUT2D eigenvalue weighted by Gasteiger charge is 2.36. The molecule has 1 aromatic rings. The van der Waals surface area contributed by atoms with E-state index in [0.29, 0.717) is 24.9 Å². The quantitative estimate of drug-likeness (QED) is 0.603. The summed E-state index contributed by atoms with van der Waals surface area (Å²) in [5, 5.41) is 0. The lowest BCUT2D eigenvalue weighted by atomic mass is 10.0. The Morgan fingerprint density at radius 3 is 2.39 bits per heavy atom. The Morgan fingerprint density at radius 1 is 1.16 bits per heavy atom. The van der Waals surface area contributed by atoms with Crippen molar-refractivity contribution < 1.29 is 21.6 Å². The summed E-state index contributed by atoms with van der Waals surface area (Å²) in [5.74, 6) is -0.243. The molecule has 8 nitrogen and oxygen atoms in total. The van der Waals surface area contributed by atoms with Gasteiger partial charge in [-0.2, -0.15) is 0 Å². The van der Waals surface area contributed by atoms with E-state index in [1.807, 2.05) is 6.92 Å². The van der Waals surface area contributed by atoms with E-state index in [9.17, 15) is 21.6 Å². The molecule has 2 fully saturated rings.